The second-order valence-corrected chi connectivity index (χ2v) is 3.83. The highest BCUT2D eigenvalue weighted by atomic mass is 32.2. The SMILES string of the molecule is CSc1nc(=N)n(C)c2ncn(C)c12. The fourth-order valence-corrected chi connectivity index (χ4v) is 1.98. The Morgan fingerprint density at radius 2 is 2.14 bits per heavy atom. The first-order valence-corrected chi connectivity index (χ1v) is 5.34. The highest BCUT2D eigenvalue weighted by Crippen LogP contribution is 2.20. The van der Waals surface area contributed by atoms with Crippen LogP contribution >= 0.6 is 11.8 Å². The van der Waals surface area contributed by atoms with Crippen LogP contribution in [-0.4, -0.2) is 25.4 Å². The van der Waals surface area contributed by atoms with Crippen molar-refractivity contribution < 1.29 is 0 Å². The molecule has 6 heteroatoms. The van der Waals surface area contributed by atoms with Gasteiger partial charge < -0.3 is 4.57 Å². The van der Waals surface area contributed by atoms with Crippen molar-refractivity contribution in [2.24, 2.45) is 14.1 Å². The topological polar surface area (TPSA) is 59.5 Å². The van der Waals surface area contributed by atoms with Gasteiger partial charge in [0.15, 0.2) is 5.65 Å². The molecule has 0 aromatic carbocycles. The van der Waals surface area contributed by atoms with Crippen LogP contribution in [0.3, 0.4) is 0 Å². The fraction of sp³-hybridized carbons (Fsp3) is 0.375. The van der Waals surface area contributed by atoms with Gasteiger partial charge in [-0.3, -0.25) is 9.98 Å². The minimum atomic E-state index is 0.237. The summed E-state index contributed by atoms with van der Waals surface area (Å²) in [6.45, 7) is 0. The number of rotatable bonds is 1. The van der Waals surface area contributed by atoms with E-state index in [4.69, 9.17) is 5.41 Å². The summed E-state index contributed by atoms with van der Waals surface area (Å²) in [6.07, 6.45) is 3.69. The van der Waals surface area contributed by atoms with Crippen LogP contribution in [0.15, 0.2) is 11.4 Å². The standard InChI is InChI=1S/C8H11N5S/c1-12-4-10-6-5(12)7(14-3)11-8(9)13(6)2/h4,9H,1-3H3. The van der Waals surface area contributed by atoms with E-state index in [1.807, 2.05) is 17.9 Å². The Hall–Kier alpha value is -1.30. The van der Waals surface area contributed by atoms with Gasteiger partial charge in [-0.05, 0) is 6.26 Å². The Kier molecular flexibility index (Phi) is 2.07. The highest BCUT2D eigenvalue weighted by Gasteiger charge is 2.09. The van der Waals surface area contributed by atoms with Gasteiger partial charge in [0.2, 0.25) is 5.62 Å². The molecule has 0 spiro atoms. The van der Waals surface area contributed by atoms with E-state index < -0.39 is 0 Å². The first kappa shape index (κ1) is 9.26. The Balaban J connectivity index is 3.00. The average Bonchev–Trinajstić information content (AvgIpc) is 2.55. The summed E-state index contributed by atoms with van der Waals surface area (Å²) in [5.41, 5.74) is 2.02. The minimum absolute atomic E-state index is 0.237. The quantitative estimate of drug-likeness (QED) is 0.550. The molecule has 0 fully saturated rings. The number of hydrogen-bond acceptors (Lipinski definition) is 4. The molecule has 74 valence electrons. The number of thioether (sulfide) groups is 1. The van der Waals surface area contributed by atoms with Crippen LogP contribution < -0.4 is 5.62 Å². The van der Waals surface area contributed by atoms with Crippen LogP contribution in [0.1, 0.15) is 0 Å². The molecule has 5 nitrogen and oxygen atoms in total. The molecule has 0 amide bonds. The summed E-state index contributed by atoms with van der Waals surface area (Å²) in [5.74, 6) is 0. The summed E-state index contributed by atoms with van der Waals surface area (Å²) in [5, 5.41) is 8.49. The molecule has 0 radical (unpaired) electrons. The van der Waals surface area contributed by atoms with E-state index in [2.05, 4.69) is 9.97 Å². The molecule has 2 heterocycles. The lowest BCUT2D eigenvalue weighted by Gasteiger charge is -2.04. The van der Waals surface area contributed by atoms with Crippen LogP contribution in [0.4, 0.5) is 0 Å². The molecule has 0 unspecified atom stereocenters. The van der Waals surface area contributed by atoms with Gasteiger partial charge in [-0.25, -0.2) is 9.97 Å². The van der Waals surface area contributed by atoms with Crippen molar-refractivity contribution >= 4 is 22.9 Å². The Bertz CT molecular complexity index is 538. The van der Waals surface area contributed by atoms with E-state index in [-0.39, 0.29) is 5.62 Å². The molecule has 2 aromatic rings. The van der Waals surface area contributed by atoms with E-state index in [9.17, 15) is 0 Å². The summed E-state index contributed by atoms with van der Waals surface area (Å²) in [6, 6.07) is 0. The maximum atomic E-state index is 7.64. The lowest BCUT2D eigenvalue weighted by atomic mass is 10.5. The molecule has 0 atom stereocenters. The number of fused-ring (bicyclic) bond motifs is 1. The van der Waals surface area contributed by atoms with E-state index in [1.54, 1.807) is 17.9 Å². The highest BCUT2D eigenvalue weighted by molar-refractivity contribution is 7.98. The third-order valence-electron chi connectivity index (χ3n) is 2.16. The molecule has 14 heavy (non-hydrogen) atoms. The summed E-state index contributed by atoms with van der Waals surface area (Å²) in [7, 11) is 3.73. The molecule has 0 saturated carbocycles. The fourth-order valence-electron chi connectivity index (χ4n) is 1.38. The number of nitrogens with zero attached hydrogens (tertiary/aromatic N) is 4. The van der Waals surface area contributed by atoms with E-state index in [1.165, 1.54) is 11.8 Å². The summed E-state index contributed by atoms with van der Waals surface area (Å²) < 4.78 is 3.60. The van der Waals surface area contributed by atoms with Crippen LogP contribution in [0.2, 0.25) is 0 Å². The zero-order valence-corrected chi connectivity index (χ0v) is 9.09. The number of aromatic nitrogens is 4. The van der Waals surface area contributed by atoms with Gasteiger partial charge in [0.05, 0.1) is 6.33 Å². The van der Waals surface area contributed by atoms with Crippen molar-refractivity contribution in [3.05, 3.63) is 11.9 Å². The van der Waals surface area contributed by atoms with E-state index >= 15 is 0 Å². The van der Waals surface area contributed by atoms with Gasteiger partial charge in [-0.2, -0.15) is 0 Å². The lowest BCUT2D eigenvalue weighted by molar-refractivity contribution is 0.763. The maximum absolute atomic E-state index is 7.64. The Morgan fingerprint density at radius 1 is 1.43 bits per heavy atom. The zero-order valence-electron chi connectivity index (χ0n) is 8.27. The van der Waals surface area contributed by atoms with Crippen LogP contribution in [0.25, 0.3) is 11.2 Å². The second-order valence-electron chi connectivity index (χ2n) is 3.03. The number of imidazole rings is 1. The van der Waals surface area contributed by atoms with Gasteiger partial charge in [0, 0.05) is 14.1 Å². The van der Waals surface area contributed by atoms with Crippen molar-refractivity contribution in [2.45, 2.75) is 5.03 Å². The van der Waals surface area contributed by atoms with Gasteiger partial charge in [-0.15, -0.1) is 11.8 Å². The first-order valence-electron chi connectivity index (χ1n) is 4.11. The summed E-state index contributed by atoms with van der Waals surface area (Å²) >= 11 is 1.53. The predicted octanol–water partition coefficient (Wildman–Crippen LogP) is 0.508. The molecule has 0 aliphatic carbocycles. The minimum Gasteiger partial charge on any atom is -0.330 e. The molecule has 0 aliphatic heterocycles. The van der Waals surface area contributed by atoms with Gasteiger partial charge in [0.1, 0.15) is 10.5 Å². The largest absolute Gasteiger partial charge is 0.330 e. The maximum Gasteiger partial charge on any atom is 0.224 e. The molecule has 1 N–H and O–H groups in total. The summed E-state index contributed by atoms with van der Waals surface area (Å²) in [4.78, 5) is 8.42. The van der Waals surface area contributed by atoms with Crippen LogP contribution in [-0.2, 0) is 14.1 Å². The number of hydrogen-bond donors (Lipinski definition) is 1. The van der Waals surface area contributed by atoms with Crippen molar-refractivity contribution in [3.63, 3.8) is 0 Å². The third-order valence-corrected chi connectivity index (χ3v) is 2.83. The average molecular weight is 209 g/mol. The van der Waals surface area contributed by atoms with Gasteiger partial charge in [-0.1, -0.05) is 0 Å². The zero-order chi connectivity index (χ0) is 10.3. The second kappa shape index (κ2) is 3.13. The van der Waals surface area contributed by atoms with Crippen LogP contribution in [0, 0.1) is 5.41 Å². The van der Waals surface area contributed by atoms with Crippen LogP contribution in [0.5, 0.6) is 0 Å². The third kappa shape index (κ3) is 1.14. The smallest absolute Gasteiger partial charge is 0.224 e. The monoisotopic (exact) mass is 209 g/mol. The van der Waals surface area contributed by atoms with Crippen molar-refractivity contribution in [3.8, 4) is 0 Å². The van der Waals surface area contributed by atoms with E-state index in [0.717, 1.165) is 16.2 Å². The predicted molar refractivity (Wildman–Crippen MR) is 55.1 cm³/mol. The first-order chi connectivity index (χ1) is 6.65. The molecule has 0 saturated heterocycles. The van der Waals surface area contributed by atoms with Crippen molar-refractivity contribution in [2.75, 3.05) is 6.26 Å². The molecule has 0 bridgehead atoms. The van der Waals surface area contributed by atoms with E-state index in [0.29, 0.717) is 0 Å². The number of nitrogens with one attached hydrogen (secondary N) is 1. The molecule has 0 aliphatic rings. The van der Waals surface area contributed by atoms with Crippen molar-refractivity contribution in [1.82, 2.24) is 19.1 Å². The lowest BCUT2D eigenvalue weighted by Crippen LogP contribution is -2.21. The van der Waals surface area contributed by atoms with Gasteiger partial charge >= 0.3 is 0 Å². The molecular formula is C8H11N5S. The Morgan fingerprint density at radius 3 is 2.79 bits per heavy atom. The molecule has 2 rings (SSSR count). The Labute approximate surface area is 85.3 Å². The molecule has 2 aromatic heterocycles. The normalized spacial score (nSPS) is 11.1. The van der Waals surface area contributed by atoms with Crippen molar-refractivity contribution in [1.29, 1.82) is 5.41 Å². The van der Waals surface area contributed by atoms with Gasteiger partial charge in [0.25, 0.3) is 0 Å². The molecular weight excluding hydrogens is 198 g/mol. The number of aryl methyl sites for hydroxylation is 2.